The summed E-state index contributed by atoms with van der Waals surface area (Å²) >= 11 is 9.23. The molecule has 0 unspecified atom stereocenters. The predicted molar refractivity (Wildman–Crippen MR) is 74.6 cm³/mol. The number of aryl methyl sites for hydroxylation is 1. The molecular formula is C12H11BrClN3O. The smallest absolute Gasteiger partial charge is 0.226 e. The van der Waals surface area contributed by atoms with E-state index < -0.39 is 0 Å². The van der Waals surface area contributed by atoms with Gasteiger partial charge in [0.2, 0.25) is 5.91 Å². The highest BCUT2D eigenvalue weighted by Gasteiger charge is 2.06. The van der Waals surface area contributed by atoms with Gasteiger partial charge in [-0.05, 0) is 40.2 Å². The van der Waals surface area contributed by atoms with Crippen molar-refractivity contribution in [2.24, 2.45) is 0 Å². The Labute approximate surface area is 118 Å². The molecule has 0 fully saturated rings. The van der Waals surface area contributed by atoms with Crippen LogP contribution >= 0.6 is 27.5 Å². The van der Waals surface area contributed by atoms with Gasteiger partial charge >= 0.3 is 0 Å². The molecule has 0 saturated heterocycles. The highest BCUT2D eigenvalue weighted by atomic mass is 79.9. The van der Waals surface area contributed by atoms with Gasteiger partial charge in [-0.1, -0.05) is 11.6 Å². The van der Waals surface area contributed by atoms with E-state index in [0.29, 0.717) is 23.7 Å². The number of aromatic nitrogens is 2. The topological polar surface area (TPSA) is 46.9 Å². The Morgan fingerprint density at radius 3 is 3.06 bits per heavy atom. The van der Waals surface area contributed by atoms with Crippen molar-refractivity contribution in [3.63, 3.8) is 0 Å². The number of nitrogens with zero attached hydrogens (tertiary/aromatic N) is 2. The molecule has 0 spiro atoms. The fourth-order valence-electron chi connectivity index (χ4n) is 1.45. The molecular weight excluding hydrogens is 318 g/mol. The minimum absolute atomic E-state index is 0.0755. The molecule has 2 aromatic rings. The summed E-state index contributed by atoms with van der Waals surface area (Å²) in [6.45, 7) is 0.553. The third-order valence-electron chi connectivity index (χ3n) is 2.33. The number of nitrogens with one attached hydrogen (secondary N) is 1. The van der Waals surface area contributed by atoms with E-state index in [2.05, 4.69) is 26.3 Å². The normalized spacial score (nSPS) is 10.3. The van der Waals surface area contributed by atoms with Crippen molar-refractivity contribution in [3.05, 3.63) is 46.2 Å². The fraction of sp³-hybridized carbons (Fsp3) is 0.167. The van der Waals surface area contributed by atoms with Crippen molar-refractivity contribution in [1.29, 1.82) is 0 Å². The summed E-state index contributed by atoms with van der Waals surface area (Å²) in [5.41, 5.74) is 0.674. The molecule has 94 valence electrons. The van der Waals surface area contributed by atoms with E-state index >= 15 is 0 Å². The van der Waals surface area contributed by atoms with Crippen molar-refractivity contribution in [1.82, 2.24) is 9.78 Å². The first-order chi connectivity index (χ1) is 8.65. The summed E-state index contributed by atoms with van der Waals surface area (Å²) in [7, 11) is 0. The number of anilines is 1. The Bertz CT molecular complexity index is 542. The van der Waals surface area contributed by atoms with Crippen LogP contribution in [0.1, 0.15) is 6.42 Å². The number of amides is 1. The zero-order chi connectivity index (χ0) is 13.0. The maximum absolute atomic E-state index is 11.8. The maximum atomic E-state index is 11.8. The molecule has 0 aliphatic rings. The van der Waals surface area contributed by atoms with Crippen molar-refractivity contribution in [2.75, 3.05) is 5.32 Å². The zero-order valence-corrected chi connectivity index (χ0v) is 11.8. The van der Waals surface area contributed by atoms with Crippen LogP contribution in [0.3, 0.4) is 0 Å². The minimum atomic E-state index is -0.0755. The lowest BCUT2D eigenvalue weighted by Gasteiger charge is -2.08. The SMILES string of the molecule is O=C(CCn1cccn1)Nc1cc(Cl)ccc1Br. The van der Waals surface area contributed by atoms with E-state index in [0.717, 1.165) is 4.47 Å². The Morgan fingerprint density at radius 2 is 2.33 bits per heavy atom. The summed E-state index contributed by atoms with van der Waals surface area (Å²) in [6, 6.07) is 7.08. The van der Waals surface area contributed by atoms with Crippen molar-refractivity contribution < 1.29 is 4.79 Å². The number of carbonyl (C=O) groups excluding carboxylic acids is 1. The largest absolute Gasteiger partial charge is 0.325 e. The van der Waals surface area contributed by atoms with Gasteiger partial charge in [-0.3, -0.25) is 9.48 Å². The number of rotatable bonds is 4. The summed E-state index contributed by atoms with van der Waals surface area (Å²) in [4.78, 5) is 11.8. The van der Waals surface area contributed by atoms with Crippen LogP contribution in [0, 0.1) is 0 Å². The monoisotopic (exact) mass is 327 g/mol. The van der Waals surface area contributed by atoms with Crippen LogP contribution in [-0.4, -0.2) is 15.7 Å². The third kappa shape index (κ3) is 3.58. The lowest BCUT2D eigenvalue weighted by Crippen LogP contribution is -2.15. The molecule has 0 radical (unpaired) electrons. The number of hydrogen-bond donors (Lipinski definition) is 1. The van der Waals surface area contributed by atoms with Gasteiger partial charge in [-0.15, -0.1) is 0 Å². The first kappa shape index (κ1) is 13.1. The first-order valence-corrected chi connectivity index (χ1v) is 6.54. The van der Waals surface area contributed by atoms with E-state index in [4.69, 9.17) is 11.6 Å². The zero-order valence-electron chi connectivity index (χ0n) is 9.44. The van der Waals surface area contributed by atoms with Crippen LogP contribution in [0.25, 0.3) is 0 Å². The van der Waals surface area contributed by atoms with E-state index in [-0.39, 0.29) is 5.91 Å². The first-order valence-electron chi connectivity index (χ1n) is 5.37. The maximum Gasteiger partial charge on any atom is 0.226 e. The van der Waals surface area contributed by atoms with Crippen molar-refractivity contribution >= 4 is 39.1 Å². The Balaban J connectivity index is 1.92. The lowest BCUT2D eigenvalue weighted by atomic mass is 10.3. The number of hydrogen-bond acceptors (Lipinski definition) is 2. The Morgan fingerprint density at radius 1 is 1.50 bits per heavy atom. The number of benzene rings is 1. The van der Waals surface area contributed by atoms with Gasteiger partial charge in [-0.2, -0.15) is 5.10 Å². The summed E-state index contributed by atoms with van der Waals surface area (Å²) in [5, 5.41) is 7.42. The second-order valence-corrected chi connectivity index (χ2v) is 4.98. The van der Waals surface area contributed by atoms with Gasteiger partial charge in [0.25, 0.3) is 0 Å². The second-order valence-electron chi connectivity index (χ2n) is 3.69. The second kappa shape index (κ2) is 6.02. The summed E-state index contributed by atoms with van der Waals surface area (Å²) in [5.74, 6) is -0.0755. The summed E-state index contributed by atoms with van der Waals surface area (Å²) in [6.07, 6.45) is 3.87. The van der Waals surface area contributed by atoms with Gasteiger partial charge in [0, 0.05) is 34.9 Å². The third-order valence-corrected chi connectivity index (χ3v) is 3.26. The Hall–Kier alpha value is -1.33. The van der Waals surface area contributed by atoms with E-state index in [1.54, 1.807) is 29.1 Å². The molecule has 1 heterocycles. The molecule has 0 bridgehead atoms. The van der Waals surface area contributed by atoms with Gasteiger partial charge in [0.15, 0.2) is 0 Å². The molecule has 18 heavy (non-hydrogen) atoms. The van der Waals surface area contributed by atoms with Gasteiger partial charge in [-0.25, -0.2) is 0 Å². The highest BCUT2D eigenvalue weighted by molar-refractivity contribution is 9.10. The van der Waals surface area contributed by atoms with Crippen LogP contribution in [0.5, 0.6) is 0 Å². The molecule has 0 aliphatic carbocycles. The van der Waals surface area contributed by atoms with E-state index in [1.165, 1.54) is 0 Å². The van der Waals surface area contributed by atoms with Crippen LogP contribution in [-0.2, 0) is 11.3 Å². The van der Waals surface area contributed by atoms with Gasteiger partial charge in [0.1, 0.15) is 0 Å². The molecule has 2 rings (SSSR count). The number of carbonyl (C=O) groups is 1. The van der Waals surface area contributed by atoms with Crippen LogP contribution in [0.2, 0.25) is 5.02 Å². The molecule has 6 heteroatoms. The van der Waals surface area contributed by atoms with Gasteiger partial charge < -0.3 is 5.32 Å². The average molecular weight is 329 g/mol. The molecule has 1 aromatic heterocycles. The molecule has 4 nitrogen and oxygen atoms in total. The molecule has 1 aromatic carbocycles. The molecule has 1 amide bonds. The van der Waals surface area contributed by atoms with Crippen molar-refractivity contribution in [2.45, 2.75) is 13.0 Å². The molecule has 0 aliphatic heterocycles. The van der Waals surface area contributed by atoms with Gasteiger partial charge in [0.05, 0.1) is 5.69 Å². The van der Waals surface area contributed by atoms with E-state index in [1.807, 2.05) is 12.3 Å². The summed E-state index contributed by atoms with van der Waals surface area (Å²) < 4.78 is 2.52. The minimum Gasteiger partial charge on any atom is -0.325 e. The predicted octanol–water partition coefficient (Wildman–Crippen LogP) is 3.33. The van der Waals surface area contributed by atoms with Crippen molar-refractivity contribution in [3.8, 4) is 0 Å². The standard InChI is InChI=1S/C12H11BrClN3O/c13-10-3-2-9(14)8-11(10)16-12(18)4-7-17-6-1-5-15-17/h1-3,5-6,8H,4,7H2,(H,16,18). The fourth-order valence-corrected chi connectivity index (χ4v) is 1.97. The molecule has 0 saturated carbocycles. The lowest BCUT2D eigenvalue weighted by molar-refractivity contribution is -0.116. The van der Waals surface area contributed by atoms with Crippen LogP contribution in [0.15, 0.2) is 41.1 Å². The quantitative estimate of drug-likeness (QED) is 0.936. The molecule has 1 N–H and O–H groups in total. The molecule has 0 atom stereocenters. The number of halogens is 2. The van der Waals surface area contributed by atoms with E-state index in [9.17, 15) is 4.79 Å². The Kier molecular flexibility index (Phi) is 4.38. The van der Waals surface area contributed by atoms with Crippen LogP contribution < -0.4 is 5.32 Å². The average Bonchev–Trinajstić information content (AvgIpc) is 2.84. The highest BCUT2D eigenvalue weighted by Crippen LogP contribution is 2.25. The van der Waals surface area contributed by atoms with Crippen LogP contribution in [0.4, 0.5) is 5.69 Å².